The first kappa shape index (κ1) is 17.9. The van der Waals surface area contributed by atoms with E-state index in [1.54, 1.807) is 0 Å². The maximum atomic E-state index is 12.9. The monoisotopic (exact) mass is 355 g/mol. The number of hydrogen-bond acceptors (Lipinski definition) is 2. The number of hydrogen-bond donors (Lipinski definition) is 0. The van der Waals surface area contributed by atoms with E-state index in [0.717, 1.165) is 11.6 Å². The zero-order valence-electron chi connectivity index (χ0n) is 14.6. The van der Waals surface area contributed by atoms with E-state index < -0.39 is 26.2 Å². The van der Waals surface area contributed by atoms with Gasteiger partial charge in [0, 0.05) is 13.7 Å². The molecule has 124 valence electrons. The van der Waals surface area contributed by atoms with E-state index in [2.05, 4.69) is 51.4 Å². The van der Waals surface area contributed by atoms with Crippen LogP contribution >= 0.6 is 0 Å². The third-order valence-corrected chi connectivity index (χ3v) is 10.7. The molecule has 1 aromatic carbocycles. The number of sulfonamides is 1. The SMILES string of the molecule is C[Si](C)(C)CCS(=O)(=O)N1[C@H]([Si](C)(C)C)[C@@H]1c1ccccc1. The third-order valence-electron chi connectivity index (χ3n) is 4.22. The zero-order valence-corrected chi connectivity index (χ0v) is 17.4. The zero-order chi connectivity index (χ0) is 16.8. The molecule has 1 aliphatic heterocycles. The highest BCUT2D eigenvalue weighted by atomic mass is 32.2. The summed E-state index contributed by atoms with van der Waals surface area (Å²) in [7, 11) is -6.05. The molecule has 1 saturated heterocycles. The Morgan fingerprint density at radius 2 is 1.55 bits per heavy atom. The number of nitrogens with zero attached hydrogens (tertiary/aromatic N) is 1. The number of rotatable bonds is 6. The maximum absolute atomic E-state index is 12.9. The van der Waals surface area contributed by atoms with Crippen molar-refractivity contribution >= 4 is 26.2 Å². The van der Waals surface area contributed by atoms with Crippen molar-refractivity contribution in [2.45, 2.75) is 57.0 Å². The first-order valence-corrected chi connectivity index (χ1v) is 16.9. The molecular formula is C16H29NO2SSi2. The fraction of sp³-hybridized carbons (Fsp3) is 0.625. The van der Waals surface area contributed by atoms with Crippen LogP contribution in [0.3, 0.4) is 0 Å². The molecule has 0 bridgehead atoms. The van der Waals surface area contributed by atoms with E-state index in [1.807, 2.05) is 22.5 Å². The van der Waals surface area contributed by atoms with Crippen molar-refractivity contribution in [1.29, 1.82) is 0 Å². The highest BCUT2D eigenvalue weighted by molar-refractivity contribution is 7.89. The third kappa shape index (κ3) is 4.10. The Kier molecular flexibility index (Phi) is 4.79. The first-order valence-electron chi connectivity index (χ1n) is 8.00. The lowest BCUT2D eigenvalue weighted by atomic mass is 10.2. The van der Waals surface area contributed by atoms with Gasteiger partial charge in [0.25, 0.3) is 0 Å². The first-order chi connectivity index (χ1) is 9.93. The average molecular weight is 356 g/mol. The second-order valence-corrected chi connectivity index (χ2v) is 21.6. The van der Waals surface area contributed by atoms with Crippen molar-refractivity contribution in [3.8, 4) is 0 Å². The van der Waals surface area contributed by atoms with Crippen LogP contribution in [0, 0.1) is 0 Å². The standard InChI is InChI=1S/C16H29NO2SSi2/c1-21(2,3)13-12-20(18,19)17-15(16(17)22(4,5)6)14-10-8-7-9-11-14/h7-11,15-16H,12-13H2,1-6H3/t15-,16+,17?/m0/s1. The largest absolute Gasteiger partial charge is 0.214 e. The Morgan fingerprint density at radius 3 is 2.00 bits per heavy atom. The van der Waals surface area contributed by atoms with E-state index in [4.69, 9.17) is 0 Å². The van der Waals surface area contributed by atoms with Gasteiger partial charge in [0.15, 0.2) is 0 Å². The summed E-state index contributed by atoms with van der Waals surface area (Å²) in [5, 5.41) is 0. The predicted octanol–water partition coefficient (Wildman–Crippen LogP) is 3.96. The van der Waals surface area contributed by atoms with Crippen LogP contribution in [-0.4, -0.2) is 40.3 Å². The Balaban J connectivity index is 2.25. The van der Waals surface area contributed by atoms with E-state index >= 15 is 0 Å². The highest BCUT2D eigenvalue weighted by Crippen LogP contribution is 2.50. The highest BCUT2D eigenvalue weighted by Gasteiger charge is 2.60. The summed E-state index contributed by atoms with van der Waals surface area (Å²) in [5.74, 6) is 0.313. The summed E-state index contributed by atoms with van der Waals surface area (Å²) in [6.45, 7) is 13.5. The lowest BCUT2D eigenvalue weighted by Crippen LogP contribution is -2.35. The van der Waals surface area contributed by atoms with Gasteiger partial charge in [-0.15, -0.1) is 0 Å². The van der Waals surface area contributed by atoms with Crippen LogP contribution in [0.1, 0.15) is 11.6 Å². The van der Waals surface area contributed by atoms with Crippen LogP contribution < -0.4 is 0 Å². The van der Waals surface area contributed by atoms with Crippen molar-refractivity contribution in [2.24, 2.45) is 0 Å². The number of benzene rings is 1. The fourth-order valence-electron chi connectivity index (χ4n) is 2.93. The Morgan fingerprint density at radius 1 is 1.00 bits per heavy atom. The second kappa shape index (κ2) is 5.89. The molecule has 22 heavy (non-hydrogen) atoms. The molecule has 0 aliphatic carbocycles. The maximum Gasteiger partial charge on any atom is 0.214 e. The van der Waals surface area contributed by atoms with Gasteiger partial charge in [-0.2, -0.15) is 4.31 Å². The quantitative estimate of drug-likeness (QED) is 0.572. The Bertz CT molecular complexity index is 618. The van der Waals surface area contributed by atoms with Crippen LogP contribution in [0.25, 0.3) is 0 Å². The minimum absolute atomic E-state index is 0.0690. The van der Waals surface area contributed by atoms with Gasteiger partial charge in [-0.1, -0.05) is 69.6 Å². The lowest BCUT2D eigenvalue weighted by molar-refractivity contribution is 0.553. The molecule has 1 heterocycles. The molecule has 3 atom stereocenters. The van der Waals surface area contributed by atoms with Gasteiger partial charge in [-0.25, -0.2) is 8.42 Å². The molecule has 3 nitrogen and oxygen atoms in total. The van der Waals surface area contributed by atoms with Crippen molar-refractivity contribution in [3.05, 3.63) is 35.9 Å². The van der Waals surface area contributed by atoms with Crippen LogP contribution in [0.4, 0.5) is 0 Å². The molecule has 0 spiro atoms. The van der Waals surface area contributed by atoms with Crippen molar-refractivity contribution in [2.75, 3.05) is 5.75 Å². The molecule has 0 amide bonds. The molecule has 0 N–H and O–H groups in total. The van der Waals surface area contributed by atoms with Gasteiger partial charge in [0.2, 0.25) is 10.0 Å². The smallest absolute Gasteiger partial charge is 0.212 e. The molecule has 2 rings (SSSR count). The molecule has 1 unspecified atom stereocenters. The molecule has 0 aromatic heterocycles. The summed E-state index contributed by atoms with van der Waals surface area (Å²) in [4.78, 5) is 0. The molecule has 6 heteroatoms. The second-order valence-electron chi connectivity index (χ2n) is 8.62. The minimum Gasteiger partial charge on any atom is -0.212 e. The van der Waals surface area contributed by atoms with Gasteiger partial charge in [-0.3, -0.25) is 0 Å². The summed E-state index contributed by atoms with van der Waals surface area (Å²) in [6.07, 6.45) is 0. The lowest BCUT2D eigenvalue weighted by Gasteiger charge is -2.18. The van der Waals surface area contributed by atoms with Gasteiger partial charge in [0.1, 0.15) is 0 Å². The summed E-state index contributed by atoms with van der Waals surface area (Å²) >= 11 is 0. The summed E-state index contributed by atoms with van der Waals surface area (Å²) in [5.41, 5.74) is 1.35. The van der Waals surface area contributed by atoms with Crippen molar-refractivity contribution < 1.29 is 8.42 Å². The van der Waals surface area contributed by atoms with Crippen LogP contribution in [0.15, 0.2) is 30.3 Å². The van der Waals surface area contributed by atoms with E-state index in [1.165, 1.54) is 0 Å². The predicted molar refractivity (Wildman–Crippen MR) is 100 cm³/mol. The average Bonchev–Trinajstić information content (AvgIpc) is 3.13. The Labute approximate surface area is 137 Å². The fourth-order valence-corrected chi connectivity index (χ4v) is 11.3. The van der Waals surface area contributed by atoms with Crippen LogP contribution in [0.2, 0.25) is 45.3 Å². The van der Waals surface area contributed by atoms with Crippen molar-refractivity contribution in [3.63, 3.8) is 0 Å². The molecular weight excluding hydrogens is 326 g/mol. The summed E-state index contributed by atoms with van der Waals surface area (Å²) in [6, 6.07) is 11.0. The Hall–Kier alpha value is -0.436. The molecule has 1 aromatic rings. The normalized spacial score (nSPS) is 26.0. The van der Waals surface area contributed by atoms with Gasteiger partial charge in [-0.05, 0) is 11.6 Å². The van der Waals surface area contributed by atoms with Crippen LogP contribution in [-0.2, 0) is 10.0 Å². The molecule has 0 saturated carbocycles. The van der Waals surface area contributed by atoms with Crippen molar-refractivity contribution in [1.82, 2.24) is 4.31 Å². The van der Waals surface area contributed by atoms with Crippen LogP contribution in [0.5, 0.6) is 0 Å². The van der Waals surface area contributed by atoms with E-state index in [0.29, 0.717) is 5.75 Å². The van der Waals surface area contributed by atoms with E-state index in [-0.39, 0.29) is 11.7 Å². The molecule has 0 radical (unpaired) electrons. The van der Waals surface area contributed by atoms with Gasteiger partial charge in [0.05, 0.1) is 19.9 Å². The molecule has 1 fully saturated rings. The van der Waals surface area contributed by atoms with Gasteiger partial charge >= 0.3 is 0 Å². The molecule has 1 aliphatic rings. The topological polar surface area (TPSA) is 37.1 Å². The van der Waals surface area contributed by atoms with Gasteiger partial charge < -0.3 is 0 Å². The minimum atomic E-state index is -3.15. The summed E-state index contributed by atoms with van der Waals surface area (Å²) < 4.78 is 27.5. The van der Waals surface area contributed by atoms with E-state index in [9.17, 15) is 8.42 Å².